The molecule has 62 valence electrons. The number of aliphatic hydroxyl groups excluding tert-OH is 1. The van der Waals surface area contributed by atoms with E-state index in [-0.39, 0.29) is 12.6 Å². The summed E-state index contributed by atoms with van der Waals surface area (Å²) in [4.78, 5) is 5.13. The Morgan fingerprint density at radius 2 is 2.55 bits per heavy atom. The molecule has 0 unspecified atom stereocenters. The molecule has 0 aliphatic carbocycles. The van der Waals surface area contributed by atoms with E-state index in [2.05, 4.69) is 4.98 Å². The number of nitrogens with two attached hydrogens (primary N) is 1. The Labute approximate surface area is 69.9 Å². The standard InChI is InChI=1S/C7H12N2OS/c1-5-9-4-7(11-5)6(8)2-3-10/h4,6,10H,2-3,8H2,1H3/t6-/m1/s1. The first kappa shape index (κ1) is 8.64. The second-order valence-corrected chi connectivity index (χ2v) is 3.67. The van der Waals surface area contributed by atoms with Gasteiger partial charge in [0.2, 0.25) is 0 Å². The first-order chi connectivity index (χ1) is 5.24. The molecule has 0 aliphatic rings. The minimum atomic E-state index is -0.0498. The van der Waals surface area contributed by atoms with Gasteiger partial charge in [0, 0.05) is 23.7 Å². The molecule has 3 N–H and O–H groups in total. The monoisotopic (exact) mass is 172 g/mol. The average molecular weight is 172 g/mol. The summed E-state index contributed by atoms with van der Waals surface area (Å²) in [7, 11) is 0. The molecule has 0 fully saturated rings. The maximum atomic E-state index is 8.61. The maximum absolute atomic E-state index is 8.61. The van der Waals surface area contributed by atoms with Crippen LogP contribution >= 0.6 is 11.3 Å². The smallest absolute Gasteiger partial charge is 0.0897 e. The van der Waals surface area contributed by atoms with Gasteiger partial charge in [-0.1, -0.05) is 0 Å². The molecule has 0 aromatic carbocycles. The molecular formula is C7H12N2OS. The Bertz CT molecular complexity index is 224. The Balaban J connectivity index is 2.60. The minimum absolute atomic E-state index is 0.0498. The van der Waals surface area contributed by atoms with Gasteiger partial charge >= 0.3 is 0 Å². The van der Waals surface area contributed by atoms with Crippen LogP contribution in [0.5, 0.6) is 0 Å². The maximum Gasteiger partial charge on any atom is 0.0897 e. The summed E-state index contributed by atoms with van der Waals surface area (Å²) in [6.07, 6.45) is 2.39. The molecule has 0 saturated heterocycles. The van der Waals surface area contributed by atoms with Crippen LogP contribution in [-0.2, 0) is 0 Å². The molecular weight excluding hydrogens is 160 g/mol. The fraction of sp³-hybridized carbons (Fsp3) is 0.571. The summed E-state index contributed by atoms with van der Waals surface area (Å²) in [6.45, 7) is 2.08. The SMILES string of the molecule is Cc1ncc([C@H](N)CCO)s1. The highest BCUT2D eigenvalue weighted by atomic mass is 32.1. The van der Waals surface area contributed by atoms with E-state index >= 15 is 0 Å². The Hall–Kier alpha value is -0.450. The number of aliphatic hydroxyl groups is 1. The summed E-state index contributed by atoms with van der Waals surface area (Å²) in [5.74, 6) is 0. The normalized spacial score (nSPS) is 13.4. The number of aromatic nitrogens is 1. The summed E-state index contributed by atoms with van der Waals surface area (Å²) < 4.78 is 0. The molecule has 1 rings (SSSR count). The largest absolute Gasteiger partial charge is 0.396 e. The number of hydrogen-bond acceptors (Lipinski definition) is 4. The lowest BCUT2D eigenvalue weighted by molar-refractivity contribution is 0.277. The fourth-order valence-corrected chi connectivity index (χ4v) is 1.65. The lowest BCUT2D eigenvalue weighted by atomic mass is 10.2. The van der Waals surface area contributed by atoms with Crippen LogP contribution in [0.25, 0.3) is 0 Å². The van der Waals surface area contributed by atoms with Gasteiger partial charge in [-0.2, -0.15) is 0 Å². The molecule has 3 nitrogen and oxygen atoms in total. The topological polar surface area (TPSA) is 59.1 Å². The zero-order valence-electron chi connectivity index (χ0n) is 6.45. The molecule has 0 bridgehead atoms. The first-order valence-electron chi connectivity index (χ1n) is 3.53. The third-order valence-corrected chi connectivity index (χ3v) is 2.49. The van der Waals surface area contributed by atoms with Crippen molar-refractivity contribution in [3.63, 3.8) is 0 Å². The van der Waals surface area contributed by atoms with Crippen LogP contribution in [0.2, 0.25) is 0 Å². The van der Waals surface area contributed by atoms with E-state index in [9.17, 15) is 0 Å². The first-order valence-corrected chi connectivity index (χ1v) is 4.34. The van der Waals surface area contributed by atoms with Gasteiger partial charge in [0.05, 0.1) is 5.01 Å². The van der Waals surface area contributed by atoms with Gasteiger partial charge in [-0.3, -0.25) is 0 Å². The van der Waals surface area contributed by atoms with Crippen molar-refractivity contribution in [3.8, 4) is 0 Å². The van der Waals surface area contributed by atoms with Gasteiger partial charge < -0.3 is 10.8 Å². The van der Waals surface area contributed by atoms with Gasteiger partial charge in [-0.25, -0.2) is 4.98 Å². The van der Waals surface area contributed by atoms with Gasteiger partial charge in [0.25, 0.3) is 0 Å². The predicted octanol–water partition coefficient (Wildman–Crippen LogP) is 0.834. The third kappa shape index (κ3) is 2.25. The second-order valence-electron chi connectivity index (χ2n) is 2.40. The van der Waals surface area contributed by atoms with E-state index in [1.54, 1.807) is 17.5 Å². The summed E-state index contributed by atoms with van der Waals surface area (Å²) in [5.41, 5.74) is 5.73. The van der Waals surface area contributed by atoms with Crippen molar-refractivity contribution in [2.24, 2.45) is 5.73 Å². The zero-order valence-corrected chi connectivity index (χ0v) is 7.27. The van der Waals surface area contributed by atoms with Crippen LogP contribution in [0.15, 0.2) is 6.20 Å². The number of rotatable bonds is 3. The van der Waals surface area contributed by atoms with E-state index in [1.165, 1.54) is 0 Å². The van der Waals surface area contributed by atoms with Crippen molar-refractivity contribution < 1.29 is 5.11 Å². The molecule has 0 radical (unpaired) electrons. The third-order valence-electron chi connectivity index (χ3n) is 1.44. The van der Waals surface area contributed by atoms with Crippen LogP contribution < -0.4 is 5.73 Å². The molecule has 1 heterocycles. The summed E-state index contributed by atoms with van der Waals surface area (Å²) in [5, 5.41) is 9.63. The van der Waals surface area contributed by atoms with E-state index in [0.717, 1.165) is 9.88 Å². The molecule has 0 aliphatic heterocycles. The lowest BCUT2D eigenvalue weighted by Crippen LogP contribution is -2.09. The van der Waals surface area contributed by atoms with Crippen LogP contribution in [0.4, 0.5) is 0 Å². The van der Waals surface area contributed by atoms with E-state index in [0.29, 0.717) is 6.42 Å². The zero-order chi connectivity index (χ0) is 8.27. The van der Waals surface area contributed by atoms with E-state index < -0.39 is 0 Å². The van der Waals surface area contributed by atoms with Crippen molar-refractivity contribution in [2.75, 3.05) is 6.61 Å². The molecule has 0 saturated carbocycles. The number of aryl methyl sites for hydroxylation is 1. The van der Waals surface area contributed by atoms with Crippen molar-refractivity contribution in [2.45, 2.75) is 19.4 Å². The molecule has 1 atom stereocenters. The predicted molar refractivity (Wildman–Crippen MR) is 45.5 cm³/mol. The highest BCUT2D eigenvalue weighted by Crippen LogP contribution is 2.20. The fourth-order valence-electron chi connectivity index (χ4n) is 0.831. The number of nitrogens with zero attached hydrogens (tertiary/aromatic N) is 1. The summed E-state index contributed by atoms with van der Waals surface area (Å²) in [6, 6.07) is -0.0498. The highest BCUT2D eigenvalue weighted by molar-refractivity contribution is 7.11. The molecule has 1 aromatic heterocycles. The lowest BCUT2D eigenvalue weighted by Gasteiger charge is -2.04. The number of hydrogen-bond donors (Lipinski definition) is 2. The van der Waals surface area contributed by atoms with E-state index in [4.69, 9.17) is 10.8 Å². The Kier molecular flexibility index (Phi) is 2.99. The molecule has 11 heavy (non-hydrogen) atoms. The van der Waals surface area contributed by atoms with Crippen molar-refractivity contribution in [1.29, 1.82) is 0 Å². The molecule has 4 heteroatoms. The van der Waals surface area contributed by atoms with Crippen molar-refractivity contribution in [1.82, 2.24) is 4.98 Å². The van der Waals surface area contributed by atoms with Crippen LogP contribution in [-0.4, -0.2) is 16.7 Å². The van der Waals surface area contributed by atoms with E-state index in [1.807, 2.05) is 6.92 Å². The van der Waals surface area contributed by atoms with Crippen LogP contribution in [0.3, 0.4) is 0 Å². The second kappa shape index (κ2) is 3.80. The molecule has 0 amide bonds. The van der Waals surface area contributed by atoms with Crippen molar-refractivity contribution in [3.05, 3.63) is 16.1 Å². The average Bonchev–Trinajstić information content (AvgIpc) is 2.36. The number of thiazole rings is 1. The van der Waals surface area contributed by atoms with Gasteiger partial charge in [-0.05, 0) is 13.3 Å². The summed E-state index contributed by atoms with van der Waals surface area (Å²) >= 11 is 1.59. The Morgan fingerprint density at radius 1 is 1.82 bits per heavy atom. The van der Waals surface area contributed by atoms with Crippen LogP contribution in [0, 0.1) is 6.92 Å². The van der Waals surface area contributed by atoms with Gasteiger partial charge in [0.15, 0.2) is 0 Å². The highest BCUT2D eigenvalue weighted by Gasteiger charge is 2.07. The quantitative estimate of drug-likeness (QED) is 0.710. The van der Waals surface area contributed by atoms with Gasteiger partial charge in [-0.15, -0.1) is 11.3 Å². The van der Waals surface area contributed by atoms with Crippen LogP contribution in [0.1, 0.15) is 22.3 Å². The minimum Gasteiger partial charge on any atom is -0.396 e. The van der Waals surface area contributed by atoms with Gasteiger partial charge in [0.1, 0.15) is 0 Å². The molecule has 0 spiro atoms. The molecule has 1 aromatic rings. The van der Waals surface area contributed by atoms with Crippen molar-refractivity contribution >= 4 is 11.3 Å². The Morgan fingerprint density at radius 3 is 3.00 bits per heavy atom.